The lowest BCUT2D eigenvalue weighted by molar-refractivity contribution is -0.384. The van der Waals surface area contributed by atoms with Gasteiger partial charge in [-0.25, -0.2) is 0 Å². The van der Waals surface area contributed by atoms with Gasteiger partial charge in [0.25, 0.3) is 5.69 Å². The number of nitro benzene ring substituents is 1. The van der Waals surface area contributed by atoms with Crippen molar-refractivity contribution in [2.75, 3.05) is 4.90 Å². The molecule has 5 nitrogen and oxygen atoms in total. The van der Waals surface area contributed by atoms with Gasteiger partial charge in [-0.2, -0.15) is 0 Å². The third-order valence-corrected chi connectivity index (χ3v) is 4.65. The van der Waals surface area contributed by atoms with Crippen molar-refractivity contribution in [2.24, 2.45) is 0 Å². The molecule has 0 N–H and O–H groups in total. The lowest BCUT2D eigenvalue weighted by Crippen LogP contribution is -2.36. The van der Waals surface area contributed by atoms with Gasteiger partial charge in [-0.3, -0.25) is 10.1 Å². The van der Waals surface area contributed by atoms with Gasteiger partial charge in [-0.1, -0.05) is 36.4 Å². The Morgan fingerprint density at radius 1 is 1.00 bits per heavy atom. The Balaban J connectivity index is 1.78. The largest absolute Gasteiger partial charge is 0.466 e. The lowest BCUT2D eigenvalue weighted by Gasteiger charge is -2.39. The molecule has 130 valence electrons. The molecule has 0 bridgehead atoms. The number of benzene rings is 3. The Hall–Kier alpha value is -3.34. The number of ether oxygens (including phenoxy) is 1. The molecule has 0 saturated carbocycles. The van der Waals surface area contributed by atoms with Gasteiger partial charge < -0.3 is 9.64 Å². The molecule has 0 amide bonds. The van der Waals surface area contributed by atoms with Crippen LogP contribution in [0.3, 0.4) is 0 Å². The van der Waals surface area contributed by atoms with Crippen LogP contribution in [-0.2, 0) is 6.54 Å². The number of nitro groups is 1. The van der Waals surface area contributed by atoms with E-state index in [1.54, 1.807) is 12.1 Å². The Morgan fingerprint density at radius 2 is 1.69 bits per heavy atom. The number of rotatable bonds is 3. The Morgan fingerprint density at radius 3 is 2.42 bits per heavy atom. The summed E-state index contributed by atoms with van der Waals surface area (Å²) in [6.07, 6.45) is -0.341. The third kappa shape index (κ3) is 2.88. The average Bonchev–Trinajstić information content (AvgIpc) is 2.67. The summed E-state index contributed by atoms with van der Waals surface area (Å²) >= 11 is 0. The summed E-state index contributed by atoms with van der Waals surface area (Å²) in [5, 5.41) is 10.9. The number of hydrogen-bond acceptors (Lipinski definition) is 4. The minimum absolute atomic E-state index is 0.0763. The van der Waals surface area contributed by atoms with E-state index >= 15 is 0 Å². The molecular weight excluding hydrogens is 328 g/mol. The molecule has 1 atom stereocenters. The van der Waals surface area contributed by atoms with Gasteiger partial charge in [0.05, 0.1) is 11.5 Å². The maximum Gasteiger partial charge on any atom is 0.269 e. The fourth-order valence-corrected chi connectivity index (χ4v) is 3.31. The first-order valence-corrected chi connectivity index (χ1v) is 8.44. The van der Waals surface area contributed by atoms with Crippen molar-refractivity contribution in [2.45, 2.75) is 19.7 Å². The van der Waals surface area contributed by atoms with Gasteiger partial charge in [0.1, 0.15) is 5.75 Å². The molecule has 26 heavy (non-hydrogen) atoms. The maximum absolute atomic E-state index is 10.9. The number of non-ortho nitro benzene ring substituents is 1. The van der Waals surface area contributed by atoms with Crippen LogP contribution in [0.4, 0.5) is 11.4 Å². The van der Waals surface area contributed by atoms with Gasteiger partial charge in [0.15, 0.2) is 6.23 Å². The molecule has 0 radical (unpaired) electrons. The number of anilines is 1. The van der Waals surface area contributed by atoms with Gasteiger partial charge in [-0.05, 0) is 36.8 Å². The molecule has 3 aromatic rings. The minimum atomic E-state index is -0.389. The molecule has 1 heterocycles. The van der Waals surface area contributed by atoms with E-state index < -0.39 is 0 Å². The highest BCUT2D eigenvalue weighted by Crippen LogP contribution is 2.39. The number of fused-ring (bicyclic) bond motifs is 1. The van der Waals surface area contributed by atoms with Crippen LogP contribution in [0.25, 0.3) is 0 Å². The number of nitrogens with zero attached hydrogens (tertiary/aromatic N) is 2. The van der Waals surface area contributed by atoms with E-state index in [1.165, 1.54) is 12.1 Å². The van der Waals surface area contributed by atoms with E-state index in [1.807, 2.05) is 30.3 Å². The third-order valence-electron chi connectivity index (χ3n) is 4.65. The second-order valence-corrected chi connectivity index (χ2v) is 6.34. The Labute approximate surface area is 151 Å². The van der Waals surface area contributed by atoms with Crippen LogP contribution in [0.1, 0.15) is 22.9 Å². The summed E-state index contributed by atoms with van der Waals surface area (Å²) in [6, 6.07) is 22.7. The van der Waals surface area contributed by atoms with E-state index in [9.17, 15) is 10.1 Å². The molecule has 0 aromatic heterocycles. The zero-order chi connectivity index (χ0) is 18.1. The van der Waals surface area contributed by atoms with Gasteiger partial charge in [-0.15, -0.1) is 0 Å². The van der Waals surface area contributed by atoms with Crippen LogP contribution in [0.15, 0.2) is 72.8 Å². The van der Waals surface area contributed by atoms with Gasteiger partial charge in [0, 0.05) is 28.9 Å². The van der Waals surface area contributed by atoms with E-state index in [0.29, 0.717) is 6.54 Å². The topological polar surface area (TPSA) is 55.6 Å². The Bertz CT molecular complexity index is 953. The van der Waals surface area contributed by atoms with Crippen LogP contribution in [-0.4, -0.2) is 4.92 Å². The Kier molecular flexibility index (Phi) is 4.05. The second-order valence-electron chi connectivity index (χ2n) is 6.34. The maximum atomic E-state index is 10.9. The SMILES string of the molecule is Cc1ccccc1N1Cc2ccccc2OC1c1ccc([N+](=O)[O-])cc1. The van der Waals surface area contributed by atoms with Crippen molar-refractivity contribution in [1.82, 2.24) is 0 Å². The lowest BCUT2D eigenvalue weighted by atomic mass is 10.0. The molecule has 0 saturated heterocycles. The number of aryl methyl sites for hydroxylation is 1. The molecule has 5 heteroatoms. The molecule has 0 fully saturated rings. The molecule has 1 unspecified atom stereocenters. The standard InChI is InChI=1S/C21H18N2O3/c1-15-6-2-4-8-19(15)22-14-17-7-3-5-9-20(17)26-21(22)16-10-12-18(13-11-16)23(24)25/h2-13,21H,14H2,1H3. The van der Waals surface area contributed by atoms with Gasteiger partial charge >= 0.3 is 0 Å². The van der Waals surface area contributed by atoms with Crippen molar-refractivity contribution in [3.05, 3.63) is 99.6 Å². The fraction of sp³-hybridized carbons (Fsp3) is 0.143. The molecule has 0 aliphatic carbocycles. The van der Waals surface area contributed by atoms with Gasteiger partial charge in [0.2, 0.25) is 0 Å². The molecule has 4 rings (SSSR count). The summed E-state index contributed by atoms with van der Waals surface area (Å²) in [6.45, 7) is 2.78. The van der Waals surface area contributed by atoms with Crippen LogP contribution in [0, 0.1) is 17.0 Å². The highest BCUT2D eigenvalue weighted by Gasteiger charge is 2.30. The van der Waals surface area contributed by atoms with Crippen molar-refractivity contribution in [1.29, 1.82) is 0 Å². The molecular formula is C21H18N2O3. The van der Waals surface area contributed by atoms with E-state index in [2.05, 4.69) is 30.0 Å². The fourth-order valence-electron chi connectivity index (χ4n) is 3.31. The van der Waals surface area contributed by atoms with Crippen molar-refractivity contribution in [3.8, 4) is 5.75 Å². The minimum Gasteiger partial charge on any atom is -0.466 e. The summed E-state index contributed by atoms with van der Waals surface area (Å²) < 4.78 is 6.30. The van der Waals surface area contributed by atoms with Crippen LogP contribution in [0.2, 0.25) is 0 Å². The second kappa shape index (κ2) is 6.52. The highest BCUT2D eigenvalue weighted by atomic mass is 16.6. The molecule has 3 aromatic carbocycles. The number of hydrogen-bond donors (Lipinski definition) is 0. The first-order chi connectivity index (χ1) is 12.6. The number of para-hydroxylation sites is 2. The molecule has 1 aliphatic rings. The predicted octanol–water partition coefficient (Wildman–Crippen LogP) is 5.00. The van der Waals surface area contributed by atoms with Crippen LogP contribution < -0.4 is 9.64 Å². The zero-order valence-corrected chi connectivity index (χ0v) is 14.3. The monoisotopic (exact) mass is 346 g/mol. The van der Waals surface area contributed by atoms with Crippen molar-refractivity contribution in [3.63, 3.8) is 0 Å². The summed E-state index contributed by atoms with van der Waals surface area (Å²) in [5.41, 5.74) is 4.32. The summed E-state index contributed by atoms with van der Waals surface area (Å²) in [5.74, 6) is 0.848. The molecule has 0 spiro atoms. The zero-order valence-electron chi connectivity index (χ0n) is 14.3. The average molecular weight is 346 g/mol. The summed E-state index contributed by atoms with van der Waals surface area (Å²) in [4.78, 5) is 12.8. The quantitative estimate of drug-likeness (QED) is 0.494. The highest BCUT2D eigenvalue weighted by molar-refractivity contribution is 5.57. The van der Waals surface area contributed by atoms with Crippen LogP contribution >= 0.6 is 0 Å². The smallest absolute Gasteiger partial charge is 0.269 e. The first kappa shape index (κ1) is 16.1. The van der Waals surface area contributed by atoms with E-state index in [4.69, 9.17) is 4.74 Å². The molecule has 1 aliphatic heterocycles. The first-order valence-electron chi connectivity index (χ1n) is 8.44. The van der Waals surface area contributed by atoms with E-state index in [0.717, 1.165) is 28.1 Å². The summed E-state index contributed by atoms with van der Waals surface area (Å²) in [7, 11) is 0. The van der Waals surface area contributed by atoms with Crippen molar-refractivity contribution >= 4 is 11.4 Å². The van der Waals surface area contributed by atoms with E-state index in [-0.39, 0.29) is 16.8 Å². The van der Waals surface area contributed by atoms with Crippen LogP contribution in [0.5, 0.6) is 5.75 Å². The predicted molar refractivity (Wildman–Crippen MR) is 100 cm³/mol. The normalized spacial score (nSPS) is 15.9. The van der Waals surface area contributed by atoms with Crippen molar-refractivity contribution < 1.29 is 9.66 Å².